The smallest absolute Gasteiger partial charge is 0.229 e. The van der Waals surface area contributed by atoms with Crippen LogP contribution in [0.15, 0.2) is 48.3 Å². The molecule has 8 nitrogen and oxygen atoms in total. The van der Waals surface area contributed by atoms with E-state index in [1.54, 1.807) is 24.4 Å². The third kappa shape index (κ3) is 5.01. The Balaban J connectivity index is 1.39. The van der Waals surface area contributed by atoms with Crippen LogP contribution in [0.2, 0.25) is 0 Å². The number of benzene rings is 1. The minimum absolute atomic E-state index is 0.0325. The molecule has 1 aromatic carbocycles. The molecule has 0 unspecified atom stereocenters. The Morgan fingerprint density at radius 3 is 2.55 bits per heavy atom. The number of anilines is 2. The summed E-state index contributed by atoms with van der Waals surface area (Å²) in [6.07, 6.45) is 4.82. The van der Waals surface area contributed by atoms with Crippen molar-refractivity contribution in [2.24, 2.45) is 0 Å². The van der Waals surface area contributed by atoms with Gasteiger partial charge >= 0.3 is 0 Å². The van der Waals surface area contributed by atoms with E-state index in [-0.39, 0.29) is 28.8 Å². The van der Waals surface area contributed by atoms with Crippen LogP contribution in [0.5, 0.6) is 0 Å². The van der Waals surface area contributed by atoms with Gasteiger partial charge in [-0.15, -0.1) is 0 Å². The summed E-state index contributed by atoms with van der Waals surface area (Å²) in [7, 11) is 0. The number of rotatable bonds is 7. The van der Waals surface area contributed by atoms with E-state index in [4.69, 9.17) is 0 Å². The second-order valence-electron chi connectivity index (χ2n) is 9.77. The van der Waals surface area contributed by atoms with Gasteiger partial charge in [-0.1, -0.05) is 19.1 Å². The fourth-order valence-corrected chi connectivity index (χ4v) is 4.92. The van der Waals surface area contributed by atoms with E-state index in [0.717, 1.165) is 37.8 Å². The Labute approximate surface area is 220 Å². The number of nitrogens with zero attached hydrogens (tertiary/aromatic N) is 6. The van der Waals surface area contributed by atoms with Crippen molar-refractivity contribution in [3.8, 4) is 11.3 Å². The Morgan fingerprint density at radius 1 is 1.08 bits per heavy atom. The summed E-state index contributed by atoms with van der Waals surface area (Å²) in [6, 6.07) is 6.48. The topological polar surface area (TPSA) is 92.0 Å². The Morgan fingerprint density at radius 2 is 1.89 bits per heavy atom. The predicted octanol–water partition coefficient (Wildman–Crippen LogP) is 5.48. The number of fused-ring (bicyclic) bond motifs is 1. The van der Waals surface area contributed by atoms with Gasteiger partial charge in [0.25, 0.3) is 0 Å². The zero-order chi connectivity index (χ0) is 27.0. The molecule has 3 aromatic heterocycles. The number of likely N-dealkylation sites (N-methyl/N-ethyl adjacent to an activating group) is 1. The first-order valence-corrected chi connectivity index (χ1v) is 12.8. The van der Waals surface area contributed by atoms with Crippen LogP contribution >= 0.6 is 0 Å². The second-order valence-corrected chi connectivity index (χ2v) is 9.77. The SMILES string of the molecule is CCN1CC=C([C@H](O)c2ccc(Nc3ncc(F)c(-c4cc(F)c5nc(C)n(C(C)C)c5c4)n3)nc2)CC1. The van der Waals surface area contributed by atoms with Crippen LogP contribution in [0.3, 0.4) is 0 Å². The van der Waals surface area contributed by atoms with Crippen LogP contribution in [0.1, 0.15) is 50.7 Å². The molecule has 1 aliphatic heterocycles. The van der Waals surface area contributed by atoms with Crippen molar-refractivity contribution in [2.75, 3.05) is 25.0 Å². The molecule has 1 atom stereocenters. The number of imidazole rings is 1. The average Bonchev–Trinajstić information content (AvgIpc) is 3.26. The monoisotopic (exact) mass is 519 g/mol. The largest absolute Gasteiger partial charge is 0.384 e. The molecule has 4 heterocycles. The molecule has 0 spiro atoms. The number of aryl methyl sites for hydroxylation is 1. The number of aromatic nitrogens is 5. The summed E-state index contributed by atoms with van der Waals surface area (Å²) in [6.45, 7) is 10.6. The zero-order valence-corrected chi connectivity index (χ0v) is 21.9. The number of nitrogens with one attached hydrogen (secondary N) is 1. The van der Waals surface area contributed by atoms with E-state index >= 15 is 0 Å². The van der Waals surface area contributed by atoms with Gasteiger partial charge in [-0.25, -0.2) is 28.7 Å². The van der Waals surface area contributed by atoms with Crippen molar-refractivity contribution in [1.82, 2.24) is 29.4 Å². The Hall–Kier alpha value is -3.76. The maximum Gasteiger partial charge on any atom is 0.229 e. The van der Waals surface area contributed by atoms with Crippen LogP contribution in [0.25, 0.3) is 22.3 Å². The second kappa shape index (κ2) is 10.5. The molecule has 5 rings (SSSR count). The number of aliphatic hydroxyl groups is 1. The summed E-state index contributed by atoms with van der Waals surface area (Å²) in [5.41, 5.74) is 2.75. The molecule has 10 heteroatoms. The summed E-state index contributed by atoms with van der Waals surface area (Å²) < 4.78 is 31.7. The first-order valence-electron chi connectivity index (χ1n) is 12.8. The first-order chi connectivity index (χ1) is 18.2. The van der Waals surface area contributed by atoms with Gasteiger partial charge in [0.1, 0.15) is 29.0 Å². The number of hydrogen-bond acceptors (Lipinski definition) is 7. The van der Waals surface area contributed by atoms with Crippen molar-refractivity contribution < 1.29 is 13.9 Å². The third-order valence-corrected chi connectivity index (χ3v) is 6.93. The van der Waals surface area contributed by atoms with Crippen LogP contribution in [-0.4, -0.2) is 54.1 Å². The highest BCUT2D eigenvalue weighted by Gasteiger charge is 2.20. The van der Waals surface area contributed by atoms with E-state index in [1.807, 2.05) is 25.3 Å². The normalized spacial score (nSPS) is 15.2. The van der Waals surface area contributed by atoms with Crippen LogP contribution in [-0.2, 0) is 0 Å². The molecule has 0 amide bonds. The van der Waals surface area contributed by atoms with E-state index in [1.165, 1.54) is 6.07 Å². The van der Waals surface area contributed by atoms with E-state index in [0.29, 0.717) is 22.7 Å². The van der Waals surface area contributed by atoms with Gasteiger partial charge in [-0.05, 0) is 57.5 Å². The number of halogens is 2. The maximum atomic E-state index is 14.9. The van der Waals surface area contributed by atoms with Crippen LogP contribution < -0.4 is 5.32 Å². The van der Waals surface area contributed by atoms with Gasteiger partial charge in [-0.3, -0.25) is 4.90 Å². The molecular formula is C28H31F2N7O. The third-order valence-electron chi connectivity index (χ3n) is 6.93. The predicted molar refractivity (Wildman–Crippen MR) is 143 cm³/mol. The van der Waals surface area contributed by atoms with Crippen molar-refractivity contribution in [3.05, 3.63) is 71.3 Å². The minimum Gasteiger partial charge on any atom is -0.384 e. The van der Waals surface area contributed by atoms with Gasteiger partial charge < -0.3 is 15.0 Å². The summed E-state index contributed by atoms with van der Waals surface area (Å²) in [5.74, 6) is 0.0162. The van der Waals surface area contributed by atoms with Gasteiger partial charge in [0.2, 0.25) is 5.95 Å². The van der Waals surface area contributed by atoms with Crippen LogP contribution in [0, 0.1) is 18.6 Å². The van der Waals surface area contributed by atoms with Crippen LogP contribution in [0.4, 0.5) is 20.5 Å². The zero-order valence-electron chi connectivity index (χ0n) is 21.9. The molecule has 0 bridgehead atoms. The van der Waals surface area contributed by atoms with Gasteiger partial charge in [0.15, 0.2) is 11.6 Å². The Kier molecular flexibility index (Phi) is 7.18. The quantitative estimate of drug-likeness (QED) is 0.312. The van der Waals surface area contributed by atoms with Crippen molar-refractivity contribution >= 4 is 22.8 Å². The number of hydrogen-bond donors (Lipinski definition) is 2. The van der Waals surface area contributed by atoms with Crippen molar-refractivity contribution in [3.63, 3.8) is 0 Å². The lowest BCUT2D eigenvalue weighted by Gasteiger charge is -2.27. The van der Waals surface area contributed by atoms with Crippen molar-refractivity contribution in [1.29, 1.82) is 0 Å². The summed E-state index contributed by atoms with van der Waals surface area (Å²) in [4.78, 5) is 19.4. The summed E-state index contributed by atoms with van der Waals surface area (Å²) >= 11 is 0. The molecule has 0 saturated heterocycles. The standard InChI is InChI=1S/C28H31F2N7O/c1-5-36-10-8-18(9-11-36)27(38)19-6-7-24(31-14-19)34-28-32-15-22(30)25(35-28)20-12-21(29)26-23(13-20)37(16(2)3)17(4)33-26/h6-8,12-16,27,38H,5,9-11H2,1-4H3,(H,31,32,34,35)/t27-/m0/s1. The molecule has 38 heavy (non-hydrogen) atoms. The van der Waals surface area contributed by atoms with Gasteiger partial charge in [0, 0.05) is 36.5 Å². The lowest BCUT2D eigenvalue weighted by atomic mass is 9.97. The molecule has 1 aliphatic rings. The lowest BCUT2D eigenvalue weighted by molar-refractivity contribution is 0.197. The highest BCUT2D eigenvalue weighted by Crippen LogP contribution is 2.31. The van der Waals surface area contributed by atoms with Gasteiger partial charge in [-0.2, -0.15) is 0 Å². The highest BCUT2D eigenvalue weighted by molar-refractivity contribution is 5.83. The first kappa shape index (κ1) is 25.9. The molecule has 0 aliphatic carbocycles. The molecule has 198 valence electrons. The Bertz CT molecular complexity index is 1500. The minimum atomic E-state index is -0.711. The summed E-state index contributed by atoms with van der Waals surface area (Å²) in [5, 5.41) is 13.8. The molecule has 0 saturated carbocycles. The van der Waals surface area contributed by atoms with E-state index < -0.39 is 17.7 Å². The fraction of sp³-hybridized carbons (Fsp3) is 0.357. The lowest BCUT2D eigenvalue weighted by Crippen LogP contribution is -2.29. The number of aliphatic hydroxyl groups excluding tert-OH is 1. The van der Waals surface area contributed by atoms with Crippen molar-refractivity contribution in [2.45, 2.75) is 46.3 Å². The van der Waals surface area contributed by atoms with Gasteiger partial charge in [0.05, 0.1) is 11.7 Å². The molecule has 0 fully saturated rings. The fourth-order valence-electron chi connectivity index (χ4n) is 4.92. The highest BCUT2D eigenvalue weighted by atomic mass is 19.1. The van der Waals surface area contributed by atoms with E-state index in [2.05, 4.69) is 43.2 Å². The maximum absolute atomic E-state index is 14.9. The molecule has 0 radical (unpaired) electrons. The molecular weight excluding hydrogens is 488 g/mol. The molecule has 2 N–H and O–H groups in total. The molecule has 4 aromatic rings. The van der Waals surface area contributed by atoms with E-state index in [9.17, 15) is 13.9 Å². The average molecular weight is 520 g/mol. The number of pyridine rings is 1.